The van der Waals surface area contributed by atoms with Crippen LogP contribution in [0.4, 0.5) is 5.69 Å². The molecule has 1 N–H and O–H groups in total. The van der Waals surface area contributed by atoms with Crippen molar-refractivity contribution in [1.82, 2.24) is 5.32 Å². The van der Waals surface area contributed by atoms with Crippen molar-refractivity contribution in [3.8, 4) is 0 Å². The zero-order chi connectivity index (χ0) is 15.7. The second-order valence-electron chi connectivity index (χ2n) is 4.49. The lowest BCUT2D eigenvalue weighted by atomic mass is 10.1. The Bertz CT molecular complexity index is 494. The molecule has 0 heterocycles. The molecule has 0 aromatic heterocycles. The molecule has 1 amide bonds. The number of benzene rings is 1. The van der Waals surface area contributed by atoms with Gasteiger partial charge in [0.25, 0.3) is 11.6 Å². The van der Waals surface area contributed by atoms with Crippen LogP contribution in [0.5, 0.6) is 0 Å². The van der Waals surface area contributed by atoms with Crippen molar-refractivity contribution in [3.63, 3.8) is 0 Å². The topological polar surface area (TPSA) is 81.5 Å². The lowest BCUT2D eigenvalue weighted by Crippen LogP contribution is -2.26. The molecule has 0 atom stereocenters. The first-order valence-corrected chi connectivity index (χ1v) is 7.24. The van der Waals surface area contributed by atoms with E-state index in [9.17, 15) is 14.9 Å². The molecule has 0 saturated carbocycles. The molecule has 1 aromatic carbocycles. The average Bonchev–Trinajstić information content (AvgIpc) is 2.45. The number of nitro benzene ring substituents is 1. The predicted molar refractivity (Wildman–Crippen MR) is 80.8 cm³/mol. The quantitative estimate of drug-likeness (QED) is 0.431. The number of carbonyl (C=O) groups excluding carboxylic acids is 1. The summed E-state index contributed by atoms with van der Waals surface area (Å²) in [7, 11) is 0. The molecule has 0 saturated heterocycles. The van der Waals surface area contributed by atoms with E-state index in [0.717, 1.165) is 12.8 Å². The molecule has 0 unspecified atom stereocenters. The van der Waals surface area contributed by atoms with Crippen LogP contribution in [-0.4, -0.2) is 30.6 Å². The van der Waals surface area contributed by atoms with Crippen LogP contribution in [0.1, 0.15) is 36.5 Å². The molecule has 0 aliphatic carbocycles. The molecule has 6 nitrogen and oxygen atoms in total. The number of hydrogen-bond acceptors (Lipinski definition) is 4. The molecule has 0 aliphatic rings. The van der Waals surface area contributed by atoms with Gasteiger partial charge in [0.15, 0.2) is 0 Å². The third-order valence-corrected chi connectivity index (χ3v) is 3.03. The van der Waals surface area contributed by atoms with Crippen LogP contribution < -0.4 is 5.32 Å². The zero-order valence-electron chi connectivity index (χ0n) is 11.9. The van der Waals surface area contributed by atoms with Crippen LogP contribution in [0, 0.1) is 10.1 Å². The van der Waals surface area contributed by atoms with Gasteiger partial charge in [-0.15, -0.1) is 0 Å². The Morgan fingerprint density at radius 2 is 2.10 bits per heavy atom. The molecule has 1 rings (SSSR count). The summed E-state index contributed by atoms with van der Waals surface area (Å²) >= 11 is 5.78. The second kappa shape index (κ2) is 9.31. The first-order valence-electron chi connectivity index (χ1n) is 6.86. The number of rotatable bonds is 9. The van der Waals surface area contributed by atoms with Crippen LogP contribution in [0.15, 0.2) is 18.2 Å². The number of nitrogens with one attached hydrogen (secondary N) is 1. The zero-order valence-corrected chi connectivity index (χ0v) is 12.7. The molecule has 0 bridgehead atoms. The van der Waals surface area contributed by atoms with Gasteiger partial charge >= 0.3 is 0 Å². The molecule has 0 radical (unpaired) electrons. The van der Waals surface area contributed by atoms with Crippen molar-refractivity contribution in [3.05, 3.63) is 38.9 Å². The first-order chi connectivity index (χ1) is 10.1. The Kier molecular flexibility index (Phi) is 7.71. The molecule has 116 valence electrons. The van der Waals surface area contributed by atoms with Gasteiger partial charge in [-0.3, -0.25) is 14.9 Å². The summed E-state index contributed by atoms with van der Waals surface area (Å²) < 4.78 is 5.36. The lowest BCUT2D eigenvalue weighted by Gasteiger charge is -2.07. The number of carbonyl (C=O) groups is 1. The van der Waals surface area contributed by atoms with E-state index in [1.54, 1.807) is 0 Å². The van der Waals surface area contributed by atoms with Gasteiger partial charge in [-0.2, -0.15) is 0 Å². The van der Waals surface area contributed by atoms with Crippen molar-refractivity contribution in [2.24, 2.45) is 0 Å². The Balaban J connectivity index is 2.45. The van der Waals surface area contributed by atoms with Crippen LogP contribution >= 0.6 is 11.6 Å². The number of hydrogen-bond donors (Lipinski definition) is 1. The molecule has 0 aliphatic heterocycles. The fourth-order valence-electron chi connectivity index (χ4n) is 1.67. The highest BCUT2D eigenvalue weighted by Gasteiger charge is 2.19. The van der Waals surface area contributed by atoms with Crippen molar-refractivity contribution >= 4 is 23.2 Å². The molecule has 7 heteroatoms. The summed E-state index contributed by atoms with van der Waals surface area (Å²) in [6, 6.07) is 3.91. The molecule has 1 aromatic rings. The maximum atomic E-state index is 11.9. The SMILES string of the molecule is CCCCOCCCNC(=O)c1cc(Cl)ccc1[N+](=O)[O-]. The number of halogens is 1. The largest absolute Gasteiger partial charge is 0.381 e. The highest BCUT2D eigenvalue weighted by molar-refractivity contribution is 6.31. The van der Waals surface area contributed by atoms with E-state index < -0.39 is 10.8 Å². The van der Waals surface area contributed by atoms with E-state index in [1.165, 1.54) is 18.2 Å². The number of unbranched alkanes of at least 4 members (excludes halogenated alkanes) is 1. The third kappa shape index (κ3) is 6.10. The van der Waals surface area contributed by atoms with E-state index in [-0.39, 0.29) is 16.3 Å². The summed E-state index contributed by atoms with van der Waals surface area (Å²) in [4.78, 5) is 22.2. The minimum atomic E-state index is -0.598. The molecule has 0 spiro atoms. The minimum absolute atomic E-state index is 0.0283. The Hall–Kier alpha value is -1.66. The summed E-state index contributed by atoms with van der Waals surface area (Å²) in [6.45, 7) is 3.75. The molecule has 21 heavy (non-hydrogen) atoms. The van der Waals surface area contributed by atoms with Crippen molar-refractivity contribution in [2.45, 2.75) is 26.2 Å². The Morgan fingerprint density at radius 1 is 1.38 bits per heavy atom. The van der Waals surface area contributed by atoms with Crippen molar-refractivity contribution in [1.29, 1.82) is 0 Å². The fourth-order valence-corrected chi connectivity index (χ4v) is 1.84. The fraction of sp³-hybridized carbons (Fsp3) is 0.500. The normalized spacial score (nSPS) is 10.4. The predicted octanol–water partition coefficient (Wildman–Crippen LogP) is 3.18. The van der Waals surface area contributed by atoms with Crippen molar-refractivity contribution < 1.29 is 14.5 Å². The van der Waals surface area contributed by atoms with Crippen LogP contribution in [-0.2, 0) is 4.74 Å². The Morgan fingerprint density at radius 3 is 2.76 bits per heavy atom. The Labute approximate surface area is 128 Å². The standard InChI is InChI=1S/C14H19ClN2O4/c1-2-3-8-21-9-4-7-16-14(18)12-10-11(15)5-6-13(12)17(19)20/h5-6,10H,2-4,7-9H2,1H3,(H,16,18). The number of nitrogens with zero attached hydrogens (tertiary/aromatic N) is 1. The van der Waals surface area contributed by atoms with Crippen LogP contribution in [0.3, 0.4) is 0 Å². The summed E-state index contributed by atoms with van der Waals surface area (Å²) in [6.07, 6.45) is 2.75. The van der Waals surface area contributed by atoms with E-state index in [1.807, 2.05) is 0 Å². The first kappa shape index (κ1) is 17.4. The van der Waals surface area contributed by atoms with E-state index in [0.29, 0.717) is 26.2 Å². The molecule has 0 fully saturated rings. The van der Waals surface area contributed by atoms with Crippen molar-refractivity contribution in [2.75, 3.05) is 19.8 Å². The molecular formula is C14H19ClN2O4. The minimum Gasteiger partial charge on any atom is -0.381 e. The van der Waals surface area contributed by atoms with Gasteiger partial charge in [0.1, 0.15) is 5.56 Å². The number of nitro groups is 1. The summed E-state index contributed by atoms with van der Waals surface area (Å²) in [5.41, 5.74) is -0.282. The average molecular weight is 315 g/mol. The maximum absolute atomic E-state index is 11.9. The monoisotopic (exact) mass is 314 g/mol. The number of ether oxygens (including phenoxy) is 1. The van der Waals surface area contributed by atoms with Gasteiger partial charge in [0.2, 0.25) is 0 Å². The van der Waals surface area contributed by atoms with Gasteiger partial charge in [-0.25, -0.2) is 0 Å². The van der Waals surface area contributed by atoms with Gasteiger partial charge in [-0.1, -0.05) is 24.9 Å². The smallest absolute Gasteiger partial charge is 0.282 e. The van der Waals surface area contributed by atoms with E-state index in [4.69, 9.17) is 16.3 Å². The number of amides is 1. The summed E-state index contributed by atoms with van der Waals surface area (Å²) in [5.74, 6) is -0.502. The molecular weight excluding hydrogens is 296 g/mol. The van der Waals surface area contributed by atoms with E-state index in [2.05, 4.69) is 12.2 Å². The van der Waals surface area contributed by atoms with Gasteiger partial charge < -0.3 is 10.1 Å². The van der Waals surface area contributed by atoms with Crippen LogP contribution in [0.2, 0.25) is 5.02 Å². The van der Waals surface area contributed by atoms with Gasteiger partial charge in [-0.05, 0) is 25.0 Å². The van der Waals surface area contributed by atoms with Gasteiger partial charge in [0.05, 0.1) is 4.92 Å². The highest BCUT2D eigenvalue weighted by Crippen LogP contribution is 2.22. The lowest BCUT2D eigenvalue weighted by molar-refractivity contribution is -0.385. The van der Waals surface area contributed by atoms with E-state index >= 15 is 0 Å². The highest BCUT2D eigenvalue weighted by atomic mass is 35.5. The third-order valence-electron chi connectivity index (χ3n) is 2.79. The maximum Gasteiger partial charge on any atom is 0.282 e. The van der Waals surface area contributed by atoms with Gasteiger partial charge in [0, 0.05) is 30.8 Å². The van der Waals surface area contributed by atoms with Crippen LogP contribution in [0.25, 0.3) is 0 Å². The summed E-state index contributed by atoms with van der Waals surface area (Å²) in [5, 5.41) is 13.8. The second-order valence-corrected chi connectivity index (χ2v) is 4.93.